The lowest BCUT2D eigenvalue weighted by Crippen LogP contribution is -3.00. The van der Waals surface area contributed by atoms with Gasteiger partial charge in [-0.2, -0.15) is 0 Å². The zero-order valence-corrected chi connectivity index (χ0v) is 19.9. The third kappa shape index (κ3) is 13.5. The van der Waals surface area contributed by atoms with Gasteiger partial charge in [-0.25, -0.2) is 0 Å². The Balaban J connectivity index is 0.00000784. The molecule has 0 unspecified atom stereocenters. The van der Waals surface area contributed by atoms with Crippen LogP contribution >= 0.6 is 0 Å². The van der Waals surface area contributed by atoms with Crippen molar-refractivity contribution in [3.8, 4) is 0 Å². The van der Waals surface area contributed by atoms with Crippen LogP contribution in [0, 0.1) is 0 Å². The van der Waals surface area contributed by atoms with Crippen LogP contribution in [-0.2, 0) is 11.3 Å². The third-order valence-corrected chi connectivity index (χ3v) is 5.68. The first-order valence-electron chi connectivity index (χ1n) is 11.3. The molecule has 0 aromatic heterocycles. The number of hydrogen-bond donors (Lipinski definition) is 1. The fourth-order valence-corrected chi connectivity index (χ4v) is 3.37. The van der Waals surface area contributed by atoms with Crippen molar-refractivity contribution in [2.45, 2.75) is 84.6 Å². The first-order valence-corrected chi connectivity index (χ1v) is 11.3. The minimum absolute atomic E-state index is 0. The normalized spacial score (nSPS) is 11.8. The predicted octanol–water partition coefficient (Wildman–Crippen LogP) is 3.21. The van der Waals surface area contributed by atoms with Crippen molar-refractivity contribution in [3.63, 3.8) is 0 Å². The number of allylic oxidation sites excluding steroid dienone is 1. The van der Waals surface area contributed by atoms with Gasteiger partial charge in [0.25, 0.3) is 0 Å². The number of quaternary nitrogens is 1. The van der Waals surface area contributed by atoms with Crippen molar-refractivity contribution < 1.29 is 21.7 Å². The molecule has 1 aromatic carbocycles. The number of nitrogens with one attached hydrogen (secondary N) is 1. The molecule has 0 radical (unpaired) electrons. The molecule has 3 nitrogen and oxygen atoms in total. The van der Waals surface area contributed by atoms with Crippen LogP contribution < -0.4 is 17.7 Å². The minimum atomic E-state index is -0.00405. The van der Waals surface area contributed by atoms with Crippen LogP contribution in [0.25, 0.3) is 0 Å². The Morgan fingerprint density at radius 1 is 0.897 bits per heavy atom. The number of carbonyl (C=O) groups excluding carboxylic acids is 1. The Hall–Kier alpha value is -1.32. The molecule has 1 amide bonds. The van der Waals surface area contributed by atoms with Gasteiger partial charge in [-0.05, 0) is 18.4 Å². The Kier molecular flexibility index (Phi) is 15.7. The second kappa shape index (κ2) is 16.5. The van der Waals surface area contributed by atoms with Crippen LogP contribution in [0.15, 0.2) is 42.1 Å². The fourth-order valence-electron chi connectivity index (χ4n) is 3.37. The minimum Gasteiger partial charge on any atom is -1.00 e. The molecule has 4 heteroatoms. The third-order valence-electron chi connectivity index (χ3n) is 5.68. The van der Waals surface area contributed by atoms with Gasteiger partial charge < -0.3 is 17.7 Å². The lowest BCUT2D eigenvalue weighted by molar-refractivity contribution is -0.852. The van der Waals surface area contributed by atoms with Gasteiger partial charge in [-0.3, -0.25) is 9.28 Å². The fraction of sp³-hybridized carbons (Fsp3) is 0.640. The van der Waals surface area contributed by atoms with Crippen molar-refractivity contribution in [2.75, 3.05) is 20.6 Å². The van der Waals surface area contributed by atoms with E-state index in [1.165, 1.54) is 64.2 Å². The number of unbranched alkanes of at least 4 members (excludes halogenated alkanes) is 9. The van der Waals surface area contributed by atoms with Gasteiger partial charge in [-0.1, -0.05) is 88.6 Å². The average Bonchev–Trinajstić information content (AvgIpc) is 2.68. The van der Waals surface area contributed by atoms with Gasteiger partial charge in [0.15, 0.2) is 0 Å². The maximum atomic E-state index is 12.2. The van der Waals surface area contributed by atoms with E-state index >= 15 is 0 Å². The van der Waals surface area contributed by atoms with Crippen LogP contribution in [0.1, 0.15) is 83.6 Å². The van der Waals surface area contributed by atoms with Gasteiger partial charge in [0.05, 0.1) is 26.7 Å². The topological polar surface area (TPSA) is 29.1 Å². The van der Waals surface area contributed by atoms with Crippen molar-refractivity contribution in [2.24, 2.45) is 0 Å². The number of benzene rings is 1. The van der Waals surface area contributed by atoms with Gasteiger partial charge in [0, 0.05) is 13.5 Å². The number of amides is 1. The van der Waals surface area contributed by atoms with E-state index in [0.29, 0.717) is 6.54 Å². The lowest BCUT2D eigenvalue weighted by atomic mass is 10.1. The van der Waals surface area contributed by atoms with Crippen molar-refractivity contribution in [3.05, 3.63) is 47.7 Å². The van der Waals surface area contributed by atoms with Gasteiger partial charge in [0.2, 0.25) is 5.91 Å². The predicted molar refractivity (Wildman–Crippen MR) is 121 cm³/mol. The number of halogens is 1. The van der Waals surface area contributed by atoms with Gasteiger partial charge in [0.1, 0.15) is 5.70 Å². The van der Waals surface area contributed by atoms with E-state index in [-0.39, 0.29) is 18.3 Å². The van der Waals surface area contributed by atoms with Crippen molar-refractivity contribution in [1.82, 2.24) is 5.32 Å². The molecule has 0 spiro atoms. The smallest absolute Gasteiger partial charge is 0.249 e. The van der Waals surface area contributed by atoms with Crippen LogP contribution in [0.4, 0.5) is 0 Å². The Morgan fingerprint density at radius 2 is 1.41 bits per heavy atom. The van der Waals surface area contributed by atoms with Crippen molar-refractivity contribution >= 4 is 5.91 Å². The van der Waals surface area contributed by atoms with E-state index in [1.807, 2.05) is 30.3 Å². The molecule has 0 atom stereocenters. The summed E-state index contributed by atoms with van der Waals surface area (Å²) in [5, 5.41) is 2.99. The molecule has 0 bridgehead atoms. The average molecular weight is 423 g/mol. The molecule has 0 saturated heterocycles. The maximum absolute atomic E-state index is 12.2. The van der Waals surface area contributed by atoms with E-state index < -0.39 is 0 Å². The molecule has 1 aromatic rings. The highest BCUT2D eigenvalue weighted by atomic mass is 35.5. The molecule has 1 rings (SSSR count). The molecular formula is C25H43ClN2O. The summed E-state index contributed by atoms with van der Waals surface area (Å²) in [5.41, 5.74) is 2.24. The molecule has 0 aliphatic carbocycles. The van der Waals surface area contributed by atoms with Crippen LogP contribution in [0.5, 0.6) is 0 Å². The molecule has 0 heterocycles. The summed E-state index contributed by atoms with van der Waals surface area (Å²) < 4.78 is 0.787. The van der Waals surface area contributed by atoms with E-state index in [1.54, 1.807) is 6.08 Å². The molecule has 166 valence electrons. The maximum Gasteiger partial charge on any atom is 0.249 e. The highest BCUT2D eigenvalue weighted by Gasteiger charge is 2.18. The Morgan fingerprint density at radius 3 is 1.97 bits per heavy atom. The lowest BCUT2D eigenvalue weighted by Gasteiger charge is -2.30. The summed E-state index contributed by atoms with van der Waals surface area (Å²) in [6.07, 6.45) is 15.3. The quantitative estimate of drug-likeness (QED) is 0.262. The molecule has 0 saturated carbocycles. The monoisotopic (exact) mass is 422 g/mol. The van der Waals surface area contributed by atoms with E-state index in [4.69, 9.17) is 0 Å². The summed E-state index contributed by atoms with van der Waals surface area (Å²) in [6, 6.07) is 10.0. The second-order valence-corrected chi connectivity index (χ2v) is 8.58. The van der Waals surface area contributed by atoms with E-state index in [0.717, 1.165) is 22.3 Å². The van der Waals surface area contributed by atoms with Gasteiger partial charge >= 0.3 is 0 Å². The van der Waals surface area contributed by atoms with Gasteiger partial charge in [-0.15, -0.1) is 0 Å². The first-order chi connectivity index (χ1) is 13.5. The van der Waals surface area contributed by atoms with Crippen LogP contribution in [-0.4, -0.2) is 31.0 Å². The molecule has 0 aliphatic heterocycles. The largest absolute Gasteiger partial charge is 1.00 e. The summed E-state index contributed by atoms with van der Waals surface area (Å²) in [5.74, 6) is -0.00405. The Bertz CT molecular complexity index is 569. The van der Waals surface area contributed by atoms with Crippen molar-refractivity contribution in [1.29, 1.82) is 0 Å². The zero-order chi connectivity index (χ0) is 20.7. The summed E-state index contributed by atoms with van der Waals surface area (Å²) in [4.78, 5) is 12.2. The molecule has 1 N–H and O–H groups in total. The summed E-state index contributed by atoms with van der Waals surface area (Å²) in [6.45, 7) is 6.01. The molecule has 29 heavy (non-hydrogen) atoms. The number of hydrogen-bond acceptors (Lipinski definition) is 1. The summed E-state index contributed by atoms with van der Waals surface area (Å²) >= 11 is 0. The number of carbonyl (C=O) groups is 1. The second-order valence-electron chi connectivity index (χ2n) is 8.58. The SMILES string of the molecule is CCCCCCCCCCCC[N+](C)(C)/C(C)=C/C(=O)NCc1ccccc1.[Cl-]. The van der Waals surface area contributed by atoms with E-state index in [2.05, 4.69) is 33.3 Å². The van der Waals surface area contributed by atoms with Crippen LogP contribution in [0.3, 0.4) is 0 Å². The standard InChI is InChI=1S/C25H42N2O.ClH/c1-5-6-7-8-9-10-11-12-13-17-20-27(3,4)23(2)21-25(28)26-22-24-18-15-14-16-19-24;/h14-16,18-19,21H,5-13,17,20,22H2,1-4H3;1H/b23-21+;. The molecule has 0 fully saturated rings. The number of nitrogens with zero attached hydrogens (tertiary/aromatic N) is 1. The highest BCUT2D eigenvalue weighted by molar-refractivity contribution is 5.87. The highest BCUT2D eigenvalue weighted by Crippen LogP contribution is 2.15. The number of rotatable bonds is 15. The van der Waals surface area contributed by atoms with Crippen LogP contribution in [0.2, 0.25) is 0 Å². The van der Waals surface area contributed by atoms with E-state index in [9.17, 15) is 4.79 Å². The Labute approximate surface area is 186 Å². The molecular weight excluding hydrogens is 380 g/mol. The zero-order valence-electron chi connectivity index (χ0n) is 19.2. The summed E-state index contributed by atoms with van der Waals surface area (Å²) in [7, 11) is 4.40. The molecule has 0 aliphatic rings. The first kappa shape index (κ1) is 27.7.